The summed E-state index contributed by atoms with van der Waals surface area (Å²) in [6, 6.07) is 28.0. The SMILES string of the molecule is O=C1C[C@@H](c2ccccc2)C2(C(=O)Nc3ccccc32)[C@H](c2ccccc2)C1. The summed E-state index contributed by atoms with van der Waals surface area (Å²) in [6.45, 7) is 0. The first-order valence-corrected chi connectivity index (χ1v) is 9.74. The first-order chi connectivity index (χ1) is 13.7. The van der Waals surface area contributed by atoms with E-state index in [0.717, 1.165) is 22.4 Å². The zero-order chi connectivity index (χ0) is 19.1. The molecule has 3 nitrogen and oxygen atoms in total. The number of carbonyl (C=O) groups excluding carboxylic acids is 2. The van der Waals surface area contributed by atoms with E-state index in [-0.39, 0.29) is 23.5 Å². The number of fused-ring (bicyclic) bond motifs is 2. The molecule has 138 valence electrons. The van der Waals surface area contributed by atoms with E-state index in [1.807, 2.05) is 78.9 Å². The smallest absolute Gasteiger partial charge is 0.236 e. The zero-order valence-corrected chi connectivity index (χ0v) is 15.5. The molecule has 3 aromatic carbocycles. The monoisotopic (exact) mass is 367 g/mol. The highest BCUT2D eigenvalue weighted by molar-refractivity contribution is 6.09. The normalized spacial score (nSPS) is 22.7. The van der Waals surface area contributed by atoms with E-state index in [1.54, 1.807) is 0 Å². The quantitative estimate of drug-likeness (QED) is 0.707. The second kappa shape index (κ2) is 6.45. The van der Waals surface area contributed by atoms with Crippen molar-refractivity contribution in [3.8, 4) is 0 Å². The van der Waals surface area contributed by atoms with Crippen molar-refractivity contribution < 1.29 is 9.59 Å². The van der Waals surface area contributed by atoms with E-state index in [4.69, 9.17) is 0 Å². The molecule has 1 fully saturated rings. The summed E-state index contributed by atoms with van der Waals surface area (Å²) in [7, 11) is 0. The molecule has 0 unspecified atom stereocenters. The van der Waals surface area contributed by atoms with Gasteiger partial charge in [-0.25, -0.2) is 0 Å². The number of ketones is 1. The first kappa shape index (κ1) is 16.9. The van der Waals surface area contributed by atoms with Gasteiger partial charge in [-0.3, -0.25) is 9.59 Å². The van der Waals surface area contributed by atoms with E-state index >= 15 is 0 Å². The number of hydrogen-bond donors (Lipinski definition) is 1. The second-order valence-electron chi connectivity index (χ2n) is 7.74. The predicted molar refractivity (Wildman–Crippen MR) is 109 cm³/mol. The molecule has 1 heterocycles. The molecule has 0 aromatic heterocycles. The molecular formula is C25H21NO2. The number of carbonyl (C=O) groups is 2. The summed E-state index contributed by atoms with van der Waals surface area (Å²) in [6.07, 6.45) is 0.768. The van der Waals surface area contributed by atoms with E-state index < -0.39 is 5.41 Å². The molecule has 2 atom stereocenters. The summed E-state index contributed by atoms with van der Waals surface area (Å²) < 4.78 is 0. The third-order valence-electron chi connectivity index (χ3n) is 6.36. The van der Waals surface area contributed by atoms with Crippen LogP contribution in [0.5, 0.6) is 0 Å². The van der Waals surface area contributed by atoms with E-state index in [9.17, 15) is 9.59 Å². The maximum absolute atomic E-state index is 13.7. The van der Waals surface area contributed by atoms with Crippen molar-refractivity contribution in [3.05, 3.63) is 102 Å². The Morgan fingerprint density at radius 1 is 0.679 bits per heavy atom. The van der Waals surface area contributed by atoms with Crippen LogP contribution in [0.1, 0.15) is 41.4 Å². The Morgan fingerprint density at radius 2 is 1.18 bits per heavy atom. The molecule has 0 saturated heterocycles. The second-order valence-corrected chi connectivity index (χ2v) is 7.74. The van der Waals surface area contributed by atoms with Crippen LogP contribution in [-0.2, 0) is 15.0 Å². The molecule has 1 amide bonds. The number of rotatable bonds is 2. The van der Waals surface area contributed by atoms with Gasteiger partial charge in [-0.15, -0.1) is 0 Å². The summed E-state index contributed by atoms with van der Waals surface area (Å²) in [5, 5.41) is 3.12. The van der Waals surface area contributed by atoms with Crippen LogP contribution < -0.4 is 5.32 Å². The fourth-order valence-electron chi connectivity index (χ4n) is 5.23. The number of para-hydroxylation sites is 1. The molecule has 1 aliphatic carbocycles. The number of Topliss-reactive ketones (excluding diaryl/α,β-unsaturated/α-hetero) is 1. The summed E-state index contributed by atoms with van der Waals surface area (Å²) >= 11 is 0. The fourth-order valence-corrected chi connectivity index (χ4v) is 5.23. The highest BCUT2D eigenvalue weighted by atomic mass is 16.2. The number of nitrogens with one attached hydrogen (secondary N) is 1. The summed E-state index contributed by atoms with van der Waals surface area (Å²) in [4.78, 5) is 26.5. The molecule has 1 aliphatic heterocycles. The molecular weight excluding hydrogens is 346 g/mol. The Labute approximate surface area is 164 Å². The Balaban J connectivity index is 1.80. The van der Waals surface area contributed by atoms with Crippen molar-refractivity contribution in [2.75, 3.05) is 5.32 Å². The molecule has 1 N–H and O–H groups in total. The van der Waals surface area contributed by atoms with Gasteiger partial charge in [-0.2, -0.15) is 0 Å². The van der Waals surface area contributed by atoms with Crippen molar-refractivity contribution in [2.45, 2.75) is 30.1 Å². The lowest BCUT2D eigenvalue weighted by Crippen LogP contribution is -2.50. The van der Waals surface area contributed by atoms with Crippen molar-refractivity contribution in [1.82, 2.24) is 0 Å². The maximum Gasteiger partial charge on any atom is 0.236 e. The van der Waals surface area contributed by atoms with Crippen molar-refractivity contribution >= 4 is 17.4 Å². The van der Waals surface area contributed by atoms with Gasteiger partial charge in [-0.05, 0) is 22.8 Å². The molecule has 0 bridgehead atoms. The van der Waals surface area contributed by atoms with Crippen LogP contribution in [0.2, 0.25) is 0 Å². The van der Waals surface area contributed by atoms with Crippen LogP contribution in [0.4, 0.5) is 5.69 Å². The van der Waals surface area contributed by atoms with Gasteiger partial charge in [0.25, 0.3) is 0 Å². The highest BCUT2D eigenvalue weighted by Crippen LogP contribution is 2.59. The lowest BCUT2D eigenvalue weighted by Gasteiger charge is -2.46. The van der Waals surface area contributed by atoms with Crippen LogP contribution in [0.3, 0.4) is 0 Å². The summed E-state index contributed by atoms with van der Waals surface area (Å²) in [5.74, 6) is -0.165. The number of anilines is 1. The maximum atomic E-state index is 13.7. The standard InChI is InChI=1S/C25H21NO2/c27-19-15-21(17-9-3-1-4-10-17)25(22(16-19)18-11-5-2-6-12-18)20-13-7-8-14-23(20)26-24(25)28/h1-14,21-22H,15-16H2,(H,26,28)/t21-,22-/m0/s1. The van der Waals surface area contributed by atoms with Crippen LogP contribution in [0, 0.1) is 0 Å². The minimum Gasteiger partial charge on any atom is -0.325 e. The fraction of sp³-hybridized carbons (Fsp3) is 0.200. The third-order valence-corrected chi connectivity index (χ3v) is 6.36. The third kappa shape index (κ3) is 2.36. The van der Waals surface area contributed by atoms with Gasteiger partial charge < -0.3 is 5.32 Å². The molecule has 5 rings (SSSR count). The van der Waals surface area contributed by atoms with Gasteiger partial charge in [0.1, 0.15) is 5.78 Å². The molecule has 28 heavy (non-hydrogen) atoms. The largest absolute Gasteiger partial charge is 0.325 e. The van der Waals surface area contributed by atoms with Crippen molar-refractivity contribution in [3.63, 3.8) is 0 Å². The molecule has 2 aliphatic rings. The van der Waals surface area contributed by atoms with E-state index in [0.29, 0.717) is 12.8 Å². The van der Waals surface area contributed by atoms with Gasteiger partial charge in [-0.1, -0.05) is 78.9 Å². The molecule has 3 aromatic rings. The number of benzene rings is 3. The average Bonchev–Trinajstić information content (AvgIpc) is 3.03. The van der Waals surface area contributed by atoms with Crippen LogP contribution in [0.15, 0.2) is 84.9 Å². The van der Waals surface area contributed by atoms with Gasteiger partial charge in [0.15, 0.2) is 0 Å². The lowest BCUT2D eigenvalue weighted by molar-refractivity contribution is -0.128. The van der Waals surface area contributed by atoms with Gasteiger partial charge in [0.05, 0.1) is 5.41 Å². The van der Waals surface area contributed by atoms with Gasteiger partial charge in [0, 0.05) is 30.4 Å². The Hall–Kier alpha value is -3.20. The Kier molecular flexibility index (Phi) is 3.90. The topological polar surface area (TPSA) is 46.2 Å². The minimum absolute atomic E-state index is 0.00362. The van der Waals surface area contributed by atoms with E-state index in [1.165, 1.54) is 0 Å². The predicted octanol–water partition coefficient (Wildman–Crippen LogP) is 4.81. The zero-order valence-electron chi connectivity index (χ0n) is 15.5. The number of amides is 1. The Morgan fingerprint density at radius 3 is 1.75 bits per heavy atom. The summed E-state index contributed by atoms with van der Waals surface area (Å²) in [5.41, 5.74) is 3.18. The van der Waals surface area contributed by atoms with Crippen LogP contribution >= 0.6 is 0 Å². The molecule has 0 radical (unpaired) electrons. The highest BCUT2D eigenvalue weighted by Gasteiger charge is 2.60. The first-order valence-electron chi connectivity index (χ1n) is 9.74. The van der Waals surface area contributed by atoms with E-state index in [2.05, 4.69) is 11.4 Å². The van der Waals surface area contributed by atoms with Gasteiger partial charge >= 0.3 is 0 Å². The average molecular weight is 367 g/mol. The minimum atomic E-state index is -0.785. The molecule has 3 heteroatoms. The number of hydrogen-bond acceptors (Lipinski definition) is 2. The van der Waals surface area contributed by atoms with Gasteiger partial charge in [0.2, 0.25) is 5.91 Å². The lowest BCUT2D eigenvalue weighted by atomic mass is 9.54. The van der Waals surface area contributed by atoms with Crippen LogP contribution in [-0.4, -0.2) is 11.7 Å². The Bertz CT molecular complexity index is 991. The van der Waals surface area contributed by atoms with Crippen LogP contribution in [0.25, 0.3) is 0 Å². The molecule has 1 saturated carbocycles. The van der Waals surface area contributed by atoms with Crippen molar-refractivity contribution in [1.29, 1.82) is 0 Å². The molecule has 1 spiro atoms. The van der Waals surface area contributed by atoms with Crippen molar-refractivity contribution in [2.24, 2.45) is 0 Å².